The predicted molar refractivity (Wildman–Crippen MR) is 67.4 cm³/mol. The summed E-state index contributed by atoms with van der Waals surface area (Å²) in [5.74, 6) is -2.64. The summed E-state index contributed by atoms with van der Waals surface area (Å²) in [6.45, 7) is 0.847. The van der Waals surface area contributed by atoms with Gasteiger partial charge in [0.05, 0.1) is 12.6 Å². The molecule has 114 valence electrons. The zero-order valence-corrected chi connectivity index (χ0v) is 11.7. The Labute approximate surface area is 119 Å². The number of nitrogens with one attached hydrogen (secondary N) is 2. The van der Waals surface area contributed by atoms with Gasteiger partial charge in [-0.25, -0.2) is 26.9 Å². The average molecular weight is 318 g/mol. The second-order valence-corrected chi connectivity index (χ2v) is 5.94. The van der Waals surface area contributed by atoms with Crippen molar-refractivity contribution in [3.8, 4) is 0 Å². The molecule has 7 nitrogen and oxygen atoms in total. The van der Waals surface area contributed by atoms with Gasteiger partial charge >= 0.3 is 0 Å². The van der Waals surface area contributed by atoms with E-state index in [1.165, 1.54) is 13.3 Å². The molecule has 0 saturated heterocycles. The number of benzene rings is 1. The summed E-state index contributed by atoms with van der Waals surface area (Å²) in [7, 11) is -4.34. The van der Waals surface area contributed by atoms with Crippen molar-refractivity contribution >= 4 is 10.0 Å². The maximum absolute atomic E-state index is 13.7. The molecule has 0 spiro atoms. The molecule has 0 amide bonds. The molecule has 0 bridgehead atoms. The number of aliphatic hydroxyl groups is 1. The van der Waals surface area contributed by atoms with Crippen molar-refractivity contribution in [2.24, 2.45) is 0 Å². The van der Waals surface area contributed by atoms with Gasteiger partial charge in [-0.1, -0.05) is 0 Å². The van der Waals surface area contributed by atoms with Crippen LogP contribution in [-0.2, 0) is 16.6 Å². The maximum atomic E-state index is 13.7. The SMILES string of the molecule is CC(NS(=O)(=O)c1cc(CO)cc(F)c1F)c1ncn[nH]1. The number of aromatic amines is 1. The zero-order valence-electron chi connectivity index (χ0n) is 10.8. The fraction of sp³-hybridized carbons (Fsp3) is 0.273. The normalized spacial score (nSPS) is 13.3. The van der Waals surface area contributed by atoms with Gasteiger partial charge in [-0.2, -0.15) is 5.10 Å². The third-order valence-electron chi connectivity index (χ3n) is 2.70. The number of hydrogen-bond acceptors (Lipinski definition) is 5. The highest BCUT2D eigenvalue weighted by atomic mass is 32.2. The van der Waals surface area contributed by atoms with Gasteiger partial charge in [0.25, 0.3) is 0 Å². The van der Waals surface area contributed by atoms with Crippen molar-refractivity contribution in [2.75, 3.05) is 0 Å². The van der Waals surface area contributed by atoms with E-state index in [-0.39, 0.29) is 11.4 Å². The van der Waals surface area contributed by atoms with Crippen LogP contribution in [0.1, 0.15) is 24.4 Å². The van der Waals surface area contributed by atoms with E-state index < -0.39 is 39.2 Å². The topological polar surface area (TPSA) is 108 Å². The minimum atomic E-state index is -4.34. The second kappa shape index (κ2) is 5.84. The van der Waals surface area contributed by atoms with Gasteiger partial charge in [0.15, 0.2) is 11.6 Å². The van der Waals surface area contributed by atoms with Gasteiger partial charge in [0.1, 0.15) is 17.0 Å². The van der Waals surface area contributed by atoms with E-state index in [0.29, 0.717) is 0 Å². The van der Waals surface area contributed by atoms with E-state index in [9.17, 15) is 17.2 Å². The fourth-order valence-electron chi connectivity index (χ4n) is 1.68. The van der Waals surface area contributed by atoms with E-state index in [1.807, 2.05) is 0 Å². The van der Waals surface area contributed by atoms with Crippen molar-refractivity contribution in [1.82, 2.24) is 19.9 Å². The van der Waals surface area contributed by atoms with Crippen LogP contribution in [0.2, 0.25) is 0 Å². The van der Waals surface area contributed by atoms with Crippen LogP contribution in [0.5, 0.6) is 0 Å². The number of rotatable bonds is 5. The Kier molecular flexibility index (Phi) is 4.30. The molecule has 1 atom stereocenters. The van der Waals surface area contributed by atoms with E-state index in [2.05, 4.69) is 19.9 Å². The first-order chi connectivity index (χ1) is 9.85. The van der Waals surface area contributed by atoms with Crippen LogP contribution < -0.4 is 4.72 Å². The molecule has 1 aromatic heterocycles. The van der Waals surface area contributed by atoms with Gasteiger partial charge in [0, 0.05) is 0 Å². The van der Waals surface area contributed by atoms with Gasteiger partial charge in [0.2, 0.25) is 10.0 Å². The Morgan fingerprint density at radius 3 is 2.71 bits per heavy atom. The van der Waals surface area contributed by atoms with Crippen LogP contribution in [0.25, 0.3) is 0 Å². The highest BCUT2D eigenvalue weighted by Crippen LogP contribution is 2.21. The summed E-state index contributed by atoms with van der Waals surface area (Å²) in [4.78, 5) is 2.89. The summed E-state index contributed by atoms with van der Waals surface area (Å²) in [5.41, 5.74) is -0.0541. The first kappa shape index (κ1) is 15.5. The Hall–Kier alpha value is -1.91. The van der Waals surface area contributed by atoms with Crippen molar-refractivity contribution in [3.05, 3.63) is 41.5 Å². The first-order valence-corrected chi connectivity index (χ1v) is 7.30. The van der Waals surface area contributed by atoms with E-state index in [4.69, 9.17) is 5.11 Å². The Morgan fingerprint density at radius 1 is 1.43 bits per heavy atom. The number of H-pyrrole nitrogens is 1. The van der Waals surface area contributed by atoms with Crippen molar-refractivity contribution in [2.45, 2.75) is 24.5 Å². The molecule has 0 radical (unpaired) electrons. The molecular formula is C11H12F2N4O3S. The largest absolute Gasteiger partial charge is 0.392 e. The van der Waals surface area contributed by atoms with Crippen molar-refractivity contribution in [3.63, 3.8) is 0 Å². The van der Waals surface area contributed by atoms with Crippen molar-refractivity contribution in [1.29, 1.82) is 0 Å². The lowest BCUT2D eigenvalue weighted by atomic mass is 10.2. The molecule has 10 heteroatoms. The minimum Gasteiger partial charge on any atom is -0.392 e. The van der Waals surface area contributed by atoms with Gasteiger partial charge in [-0.05, 0) is 24.6 Å². The first-order valence-electron chi connectivity index (χ1n) is 5.81. The number of aromatic nitrogens is 3. The molecule has 2 rings (SSSR count). The van der Waals surface area contributed by atoms with E-state index in [0.717, 1.165) is 12.1 Å². The fourth-order valence-corrected chi connectivity index (χ4v) is 3.02. The molecule has 0 saturated carbocycles. The Bertz CT molecular complexity index is 734. The Balaban J connectivity index is 2.38. The lowest BCUT2D eigenvalue weighted by Crippen LogP contribution is -2.28. The lowest BCUT2D eigenvalue weighted by Gasteiger charge is -2.13. The minimum absolute atomic E-state index is 0.0541. The van der Waals surface area contributed by atoms with Crippen LogP contribution in [0.4, 0.5) is 8.78 Å². The van der Waals surface area contributed by atoms with Crippen LogP contribution >= 0.6 is 0 Å². The molecule has 0 aliphatic carbocycles. The Morgan fingerprint density at radius 2 is 2.14 bits per heavy atom. The number of sulfonamides is 1. The third-order valence-corrected chi connectivity index (χ3v) is 4.24. The molecule has 0 fully saturated rings. The van der Waals surface area contributed by atoms with Crippen LogP contribution in [0.3, 0.4) is 0 Å². The molecule has 1 aromatic carbocycles. The predicted octanol–water partition coefficient (Wildman–Crippen LogP) is 0.615. The molecule has 21 heavy (non-hydrogen) atoms. The van der Waals surface area contributed by atoms with E-state index in [1.54, 1.807) is 0 Å². The molecule has 3 N–H and O–H groups in total. The smallest absolute Gasteiger partial charge is 0.244 e. The van der Waals surface area contributed by atoms with Gasteiger partial charge in [-0.3, -0.25) is 5.10 Å². The number of nitrogens with zero attached hydrogens (tertiary/aromatic N) is 2. The third kappa shape index (κ3) is 3.23. The summed E-state index contributed by atoms with van der Waals surface area (Å²) in [6.07, 6.45) is 1.19. The lowest BCUT2D eigenvalue weighted by molar-refractivity contribution is 0.280. The van der Waals surface area contributed by atoms with Crippen LogP contribution in [-0.4, -0.2) is 28.7 Å². The summed E-state index contributed by atoms with van der Waals surface area (Å²) in [6, 6.07) is 0.778. The second-order valence-electron chi connectivity index (χ2n) is 4.26. The molecular weight excluding hydrogens is 306 g/mol. The monoisotopic (exact) mass is 318 g/mol. The highest BCUT2D eigenvalue weighted by molar-refractivity contribution is 7.89. The highest BCUT2D eigenvalue weighted by Gasteiger charge is 2.25. The van der Waals surface area contributed by atoms with Gasteiger partial charge < -0.3 is 5.11 Å². The summed E-state index contributed by atoms with van der Waals surface area (Å²) in [5, 5.41) is 15.0. The summed E-state index contributed by atoms with van der Waals surface area (Å²) >= 11 is 0. The number of aliphatic hydroxyl groups excluding tert-OH is 1. The van der Waals surface area contributed by atoms with Gasteiger partial charge in [-0.15, -0.1) is 0 Å². The average Bonchev–Trinajstić information content (AvgIpc) is 2.95. The summed E-state index contributed by atoms with van der Waals surface area (Å²) < 4.78 is 53.4. The number of hydrogen-bond donors (Lipinski definition) is 3. The zero-order chi connectivity index (χ0) is 15.6. The van der Waals surface area contributed by atoms with E-state index >= 15 is 0 Å². The molecule has 1 heterocycles. The number of halogens is 2. The van der Waals surface area contributed by atoms with Crippen molar-refractivity contribution < 1.29 is 22.3 Å². The molecule has 2 aromatic rings. The maximum Gasteiger partial charge on any atom is 0.244 e. The van der Waals surface area contributed by atoms with Crippen LogP contribution in [0, 0.1) is 11.6 Å². The molecule has 0 aliphatic heterocycles. The molecule has 1 unspecified atom stereocenters. The standard InChI is InChI=1S/C11H12F2N4O3S/c1-6(11-14-5-15-16-11)17-21(19,20)9-3-7(4-18)2-8(12)10(9)13/h2-3,5-6,17-18H,4H2,1H3,(H,14,15,16). The quantitative estimate of drug-likeness (QED) is 0.749. The van der Waals surface area contributed by atoms with Crippen LogP contribution in [0.15, 0.2) is 23.4 Å². The molecule has 0 aliphatic rings.